The van der Waals surface area contributed by atoms with Gasteiger partial charge >= 0.3 is 0 Å². The summed E-state index contributed by atoms with van der Waals surface area (Å²) in [6.07, 6.45) is 3.17. The van der Waals surface area contributed by atoms with E-state index in [9.17, 15) is 14.4 Å². The van der Waals surface area contributed by atoms with Gasteiger partial charge in [0.05, 0.1) is 12.5 Å². The van der Waals surface area contributed by atoms with Crippen LogP contribution >= 0.6 is 0 Å². The number of aromatic nitrogens is 1. The number of piperidine rings is 1. The lowest BCUT2D eigenvalue weighted by atomic mass is 9.97. The first-order valence-electron chi connectivity index (χ1n) is 9.76. The maximum atomic E-state index is 12.7. The van der Waals surface area contributed by atoms with E-state index >= 15 is 0 Å². The Bertz CT molecular complexity index is 867. The van der Waals surface area contributed by atoms with Crippen LogP contribution in [0.15, 0.2) is 48.7 Å². The van der Waals surface area contributed by atoms with Crippen molar-refractivity contribution >= 4 is 23.5 Å². The first-order chi connectivity index (χ1) is 13.9. The summed E-state index contributed by atoms with van der Waals surface area (Å²) in [5, 5.41) is 2.83. The van der Waals surface area contributed by atoms with Gasteiger partial charge < -0.3 is 15.1 Å². The summed E-state index contributed by atoms with van der Waals surface area (Å²) in [6.45, 7) is 2.87. The molecule has 7 heteroatoms. The highest BCUT2D eigenvalue weighted by molar-refractivity contribution is 5.96. The molecule has 1 saturated heterocycles. The van der Waals surface area contributed by atoms with Gasteiger partial charge in [-0.05, 0) is 43.5 Å². The van der Waals surface area contributed by atoms with E-state index in [2.05, 4.69) is 10.3 Å². The highest BCUT2D eigenvalue weighted by atomic mass is 16.2. The third-order valence-corrected chi connectivity index (χ3v) is 5.05. The van der Waals surface area contributed by atoms with E-state index in [0.717, 1.165) is 18.4 Å². The molecule has 1 fully saturated rings. The van der Waals surface area contributed by atoms with Crippen LogP contribution < -0.4 is 5.32 Å². The molecule has 0 saturated carbocycles. The molecule has 1 N–H and O–H groups in total. The summed E-state index contributed by atoms with van der Waals surface area (Å²) >= 11 is 0. The fourth-order valence-electron chi connectivity index (χ4n) is 3.36. The Morgan fingerprint density at radius 2 is 1.93 bits per heavy atom. The largest absolute Gasteiger partial charge is 0.340 e. The smallest absolute Gasteiger partial charge is 0.254 e. The zero-order valence-corrected chi connectivity index (χ0v) is 16.8. The second-order valence-electron chi connectivity index (χ2n) is 7.42. The van der Waals surface area contributed by atoms with Crippen molar-refractivity contribution in [2.45, 2.75) is 19.8 Å². The number of likely N-dealkylation sites (N-methyl/N-ethyl adjacent to an activating group) is 1. The minimum Gasteiger partial charge on any atom is -0.340 e. The molecule has 0 aliphatic carbocycles. The number of nitrogens with one attached hydrogen (secondary N) is 1. The van der Waals surface area contributed by atoms with E-state index in [4.69, 9.17) is 0 Å². The molecule has 7 nitrogen and oxygen atoms in total. The number of carbonyl (C=O) groups is 3. The Hall–Kier alpha value is -3.22. The van der Waals surface area contributed by atoms with E-state index < -0.39 is 0 Å². The Balaban J connectivity index is 1.55. The number of anilines is 1. The molecule has 1 atom stereocenters. The molecule has 1 aliphatic heterocycles. The zero-order chi connectivity index (χ0) is 20.8. The molecule has 1 aliphatic rings. The van der Waals surface area contributed by atoms with E-state index in [-0.39, 0.29) is 30.2 Å². The molecular weight excluding hydrogens is 368 g/mol. The standard InChI is InChI=1S/C22H26N4O3/c1-16-10-11-19(23-13-16)24-21(28)18-9-6-12-26(14-18)20(27)15-25(2)22(29)17-7-4-3-5-8-17/h3-5,7-8,10-11,13,18H,6,9,12,14-15H2,1-2H3,(H,23,24,28). The van der Waals surface area contributed by atoms with Crippen LogP contribution in [0.4, 0.5) is 5.82 Å². The lowest BCUT2D eigenvalue weighted by Gasteiger charge is -2.33. The molecule has 1 aromatic heterocycles. The second-order valence-corrected chi connectivity index (χ2v) is 7.42. The predicted molar refractivity (Wildman–Crippen MR) is 110 cm³/mol. The lowest BCUT2D eigenvalue weighted by molar-refractivity contribution is -0.135. The Labute approximate surface area is 170 Å². The molecule has 152 valence electrons. The molecule has 3 rings (SSSR count). The zero-order valence-electron chi connectivity index (χ0n) is 16.8. The topological polar surface area (TPSA) is 82.6 Å². The quantitative estimate of drug-likeness (QED) is 0.844. The molecule has 0 radical (unpaired) electrons. The molecule has 2 aromatic rings. The minimum atomic E-state index is -0.286. The van der Waals surface area contributed by atoms with Gasteiger partial charge in [-0.2, -0.15) is 0 Å². The van der Waals surface area contributed by atoms with Gasteiger partial charge in [0, 0.05) is 31.9 Å². The first-order valence-corrected chi connectivity index (χ1v) is 9.76. The van der Waals surface area contributed by atoms with Crippen molar-refractivity contribution in [1.29, 1.82) is 0 Å². The summed E-state index contributed by atoms with van der Waals surface area (Å²) in [5.74, 6) is -0.255. The molecule has 3 amide bonds. The van der Waals surface area contributed by atoms with E-state index in [1.807, 2.05) is 19.1 Å². The summed E-state index contributed by atoms with van der Waals surface area (Å²) in [4.78, 5) is 45.0. The van der Waals surface area contributed by atoms with Gasteiger partial charge in [-0.25, -0.2) is 4.98 Å². The molecular formula is C22H26N4O3. The normalized spacial score (nSPS) is 16.2. The van der Waals surface area contributed by atoms with Crippen molar-refractivity contribution in [3.05, 3.63) is 59.8 Å². The number of aryl methyl sites for hydroxylation is 1. The maximum Gasteiger partial charge on any atom is 0.254 e. The molecule has 29 heavy (non-hydrogen) atoms. The first kappa shape index (κ1) is 20.5. The molecule has 2 heterocycles. The minimum absolute atomic E-state index is 0.0123. The van der Waals surface area contributed by atoms with Crippen LogP contribution in [0, 0.1) is 12.8 Å². The number of carbonyl (C=O) groups excluding carboxylic acids is 3. The van der Waals surface area contributed by atoms with Gasteiger partial charge in [-0.15, -0.1) is 0 Å². The highest BCUT2D eigenvalue weighted by Gasteiger charge is 2.29. The summed E-state index contributed by atoms with van der Waals surface area (Å²) < 4.78 is 0. The number of pyridine rings is 1. The number of hydrogen-bond acceptors (Lipinski definition) is 4. The number of rotatable bonds is 5. The highest BCUT2D eigenvalue weighted by Crippen LogP contribution is 2.19. The van der Waals surface area contributed by atoms with E-state index in [1.165, 1.54) is 4.90 Å². The van der Waals surface area contributed by atoms with Crippen molar-refractivity contribution in [3.63, 3.8) is 0 Å². The van der Waals surface area contributed by atoms with Crippen molar-refractivity contribution in [2.24, 2.45) is 5.92 Å². The van der Waals surface area contributed by atoms with Crippen LogP contribution in [0.2, 0.25) is 0 Å². The fourth-order valence-corrected chi connectivity index (χ4v) is 3.36. The number of amides is 3. The number of nitrogens with zero attached hydrogens (tertiary/aromatic N) is 3. The van der Waals surface area contributed by atoms with Crippen LogP contribution in [-0.4, -0.2) is 59.2 Å². The third kappa shape index (κ3) is 5.40. The third-order valence-electron chi connectivity index (χ3n) is 5.05. The van der Waals surface area contributed by atoms with Crippen LogP contribution in [0.5, 0.6) is 0 Å². The second kappa shape index (κ2) is 9.32. The number of benzene rings is 1. The van der Waals surface area contributed by atoms with E-state index in [1.54, 1.807) is 48.5 Å². The SMILES string of the molecule is Cc1ccc(NC(=O)C2CCCN(C(=O)CN(C)C(=O)c3ccccc3)C2)nc1. The van der Waals surface area contributed by atoms with Gasteiger partial charge in [0.1, 0.15) is 5.82 Å². The fraction of sp³-hybridized carbons (Fsp3) is 0.364. The van der Waals surface area contributed by atoms with Crippen LogP contribution in [0.1, 0.15) is 28.8 Å². The summed E-state index contributed by atoms with van der Waals surface area (Å²) in [7, 11) is 1.62. The molecule has 0 spiro atoms. The lowest BCUT2D eigenvalue weighted by Crippen LogP contribution is -2.47. The van der Waals surface area contributed by atoms with Crippen molar-refractivity contribution in [3.8, 4) is 0 Å². The Kier molecular flexibility index (Phi) is 6.59. The van der Waals surface area contributed by atoms with Crippen molar-refractivity contribution in [1.82, 2.24) is 14.8 Å². The van der Waals surface area contributed by atoms with Gasteiger partial charge in [0.25, 0.3) is 5.91 Å². The average molecular weight is 394 g/mol. The Morgan fingerprint density at radius 1 is 1.17 bits per heavy atom. The van der Waals surface area contributed by atoms with Crippen molar-refractivity contribution < 1.29 is 14.4 Å². The number of hydrogen-bond donors (Lipinski definition) is 1. The molecule has 0 bridgehead atoms. The summed E-state index contributed by atoms with van der Waals surface area (Å²) in [5.41, 5.74) is 1.57. The molecule has 1 unspecified atom stereocenters. The maximum absolute atomic E-state index is 12.7. The monoisotopic (exact) mass is 394 g/mol. The van der Waals surface area contributed by atoms with Gasteiger partial charge in [0.15, 0.2) is 0 Å². The molecule has 1 aromatic carbocycles. The van der Waals surface area contributed by atoms with Crippen molar-refractivity contribution in [2.75, 3.05) is 32.0 Å². The van der Waals surface area contributed by atoms with Gasteiger partial charge in [-0.3, -0.25) is 14.4 Å². The van der Waals surface area contributed by atoms with Gasteiger partial charge in [-0.1, -0.05) is 24.3 Å². The number of likely N-dealkylation sites (tertiary alicyclic amines) is 1. The van der Waals surface area contributed by atoms with E-state index in [0.29, 0.717) is 24.5 Å². The van der Waals surface area contributed by atoms with Crippen LogP contribution in [-0.2, 0) is 9.59 Å². The summed E-state index contributed by atoms with van der Waals surface area (Å²) in [6, 6.07) is 12.5. The average Bonchev–Trinajstić information content (AvgIpc) is 2.75. The van der Waals surface area contributed by atoms with Crippen LogP contribution in [0.25, 0.3) is 0 Å². The predicted octanol–water partition coefficient (Wildman–Crippen LogP) is 2.34. The van der Waals surface area contributed by atoms with Crippen LogP contribution in [0.3, 0.4) is 0 Å². The Morgan fingerprint density at radius 3 is 2.62 bits per heavy atom. The van der Waals surface area contributed by atoms with Gasteiger partial charge in [0.2, 0.25) is 11.8 Å².